The van der Waals surface area contributed by atoms with Crippen LogP contribution in [0.1, 0.15) is 50.5 Å². The molecule has 12 nitrogen and oxygen atoms in total. The average Bonchev–Trinajstić information content (AvgIpc) is 3.41. The van der Waals surface area contributed by atoms with Crippen LogP contribution in [0.3, 0.4) is 0 Å². The predicted octanol–water partition coefficient (Wildman–Crippen LogP) is 2.79. The van der Waals surface area contributed by atoms with Gasteiger partial charge in [0.1, 0.15) is 12.4 Å². The number of benzene rings is 1. The highest BCUT2D eigenvalue weighted by Crippen LogP contribution is 2.35. The Balaban J connectivity index is 1.37. The number of amides is 2. The molecule has 0 aliphatic carbocycles. The number of carbonyl (C=O) groups is 2. The largest absolute Gasteiger partial charge is 0.490 e. The van der Waals surface area contributed by atoms with Crippen molar-refractivity contribution in [1.29, 1.82) is 0 Å². The van der Waals surface area contributed by atoms with Crippen LogP contribution in [0.5, 0.6) is 11.5 Å². The van der Waals surface area contributed by atoms with Crippen molar-refractivity contribution in [2.24, 2.45) is 5.10 Å². The summed E-state index contributed by atoms with van der Waals surface area (Å²) in [5.41, 5.74) is 3.90. The van der Waals surface area contributed by atoms with Crippen molar-refractivity contribution in [3.63, 3.8) is 0 Å². The quantitative estimate of drug-likeness (QED) is 0.146. The van der Waals surface area contributed by atoms with Gasteiger partial charge in [-0.1, -0.05) is 6.07 Å². The van der Waals surface area contributed by atoms with Gasteiger partial charge in [-0.3, -0.25) is 5.43 Å². The number of ether oxygens (including phenoxy) is 3. The summed E-state index contributed by atoms with van der Waals surface area (Å²) >= 11 is 0. The number of methoxy groups -OCH3 is 1. The Labute approximate surface area is 227 Å². The van der Waals surface area contributed by atoms with Crippen LogP contribution < -0.4 is 30.4 Å². The second-order valence-corrected chi connectivity index (χ2v) is 9.14. The second-order valence-electron chi connectivity index (χ2n) is 9.14. The van der Waals surface area contributed by atoms with Crippen LogP contribution in [0.25, 0.3) is 0 Å². The van der Waals surface area contributed by atoms with Gasteiger partial charge in [0.05, 0.1) is 31.5 Å². The average molecular weight is 542 g/mol. The fraction of sp³-hybridized carbons (Fsp3) is 0.444. The number of urea groups is 1. The van der Waals surface area contributed by atoms with Crippen molar-refractivity contribution >= 4 is 24.1 Å². The number of nitrogens with one attached hydrogen (secondary N) is 3. The van der Waals surface area contributed by atoms with Crippen molar-refractivity contribution in [3.8, 4) is 11.5 Å². The highest BCUT2D eigenvalue weighted by atomic mass is 16.5. The first-order valence-electron chi connectivity index (χ1n) is 13.0. The van der Waals surface area contributed by atoms with E-state index in [4.69, 9.17) is 18.6 Å². The minimum absolute atomic E-state index is 0.121. The number of rotatable bonds is 11. The number of anilines is 1. The number of allylic oxidation sites excluding steroid dienone is 1. The molecule has 1 aromatic carbocycles. The molecule has 0 spiro atoms. The first-order chi connectivity index (χ1) is 18.9. The molecule has 1 aromatic heterocycles. The molecular formula is C27H35N5O7. The molecule has 2 amide bonds. The van der Waals surface area contributed by atoms with Crippen LogP contribution in [0.2, 0.25) is 0 Å². The number of nitrogens with zero attached hydrogens (tertiary/aromatic N) is 2. The molecule has 2 aliphatic rings. The molecule has 3 heterocycles. The lowest BCUT2D eigenvalue weighted by atomic mass is 9.95. The molecule has 12 heteroatoms. The molecular weight excluding hydrogens is 506 g/mol. The maximum Gasteiger partial charge on any atom is 0.337 e. The van der Waals surface area contributed by atoms with E-state index >= 15 is 0 Å². The molecule has 0 unspecified atom stereocenters. The maximum atomic E-state index is 12.4. The fourth-order valence-electron chi connectivity index (χ4n) is 4.50. The summed E-state index contributed by atoms with van der Waals surface area (Å²) in [6.07, 6.45) is 3.96. The van der Waals surface area contributed by atoms with E-state index in [9.17, 15) is 14.7 Å². The van der Waals surface area contributed by atoms with E-state index in [2.05, 4.69) is 26.1 Å². The van der Waals surface area contributed by atoms with Crippen molar-refractivity contribution in [3.05, 3.63) is 52.9 Å². The molecule has 2 aromatic rings. The zero-order valence-electron chi connectivity index (χ0n) is 22.4. The molecule has 0 saturated carbocycles. The number of aliphatic hydroxyl groups is 1. The number of piperidine rings is 1. The number of aliphatic hydroxyl groups excluding tert-OH is 1. The van der Waals surface area contributed by atoms with E-state index in [1.807, 2.05) is 19.1 Å². The van der Waals surface area contributed by atoms with E-state index in [0.717, 1.165) is 31.8 Å². The Kier molecular flexibility index (Phi) is 9.31. The lowest BCUT2D eigenvalue weighted by molar-refractivity contribution is -0.136. The molecule has 4 rings (SSSR count). The lowest BCUT2D eigenvalue weighted by Crippen LogP contribution is -2.45. The highest BCUT2D eigenvalue weighted by Gasteiger charge is 2.32. The zero-order chi connectivity index (χ0) is 27.8. The van der Waals surface area contributed by atoms with Crippen LogP contribution in [0, 0.1) is 0 Å². The number of carbonyl (C=O) groups excluding carboxylic acids is 2. The van der Waals surface area contributed by atoms with Gasteiger partial charge in [-0.05, 0) is 56.9 Å². The van der Waals surface area contributed by atoms with Gasteiger partial charge in [0.15, 0.2) is 23.6 Å². The van der Waals surface area contributed by atoms with Gasteiger partial charge in [-0.2, -0.15) is 5.10 Å². The maximum absolute atomic E-state index is 12.4. The Bertz CT molecular complexity index is 1220. The smallest absolute Gasteiger partial charge is 0.337 e. The van der Waals surface area contributed by atoms with Crippen LogP contribution in [-0.4, -0.2) is 63.0 Å². The SMILES string of the molecule is CCOc1cc([C@@H]2NC(=O)NC(C)=C2C(=O)OC)ccc1OC[C@@H](O)N/N=C\c1ccc(N2CCCCC2)o1. The van der Waals surface area contributed by atoms with Crippen LogP contribution in [-0.2, 0) is 9.53 Å². The molecule has 1 saturated heterocycles. The summed E-state index contributed by atoms with van der Waals surface area (Å²) in [6.45, 7) is 5.66. The van der Waals surface area contributed by atoms with Crippen molar-refractivity contribution in [2.45, 2.75) is 45.4 Å². The first kappa shape index (κ1) is 27.8. The van der Waals surface area contributed by atoms with E-state index < -0.39 is 24.3 Å². The second kappa shape index (κ2) is 13.1. The summed E-state index contributed by atoms with van der Waals surface area (Å²) in [7, 11) is 1.28. The first-order valence-corrected chi connectivity index (χ1v) is 13.0. The van der Waals surface area contributed by atoms with Gasteiger partial charge in [-0.15, -0.1) is 0 Å². The topological polar surface area (TPSA) is 147 Å². The molecule has 1 fully saturated rings. The molecule has 2 atom stereocenters. The van der Waals surface area contributed by atoms with Crippen molar-refractivity contribution < 1.29 is 33.3 Å². The van der Waals surface area contributed by atoms with Gasteiger partial charge >= 0.3 is 12.0 Å². The van der Waals surface area contributed by atoms with Crippen molar-refractivity contribution in [1.82, 2.24) is 16.1 Å². The third kappa shape index (κ3) is 7.02. The number of hydrazone groups is 1. The minimum Gasteiger partial charge on any atom is -0.490 e. The number of esters is 1. The minimum atomic E-state index is -1.10. The standard InChI is InChI=1S/C27H35N5O7/c1-4-37-21-14-18(25-24(26(34)36-3)17(2)29-27(35)30-25)8-10-20(21)38-16-22(33)31-28-15-19-9-11-23(39-19)32-12-6-5-7-13-32/h8-11,14-15,22,25,31,33H,4-7,12-13,16H2,1-3H3,(H2,29,30,35)/b28-15-/t22-,25+/m1/s1. The Morgan fingerprint density at radius 2 is 2.03 bits per heavy atom. The highest BCUT2D eigenvalue weighted by molar-refractivity contribution is 5.95. The van der Waals surface area contributed by atoms with Crippen LogP contribution >= 0.6 is 0 Å². The summed E-state index contributed by atoms with van der Waals surface area (Å²) in [6, 6.07) is 7.62. The summed E-state index contributed by atoms with van der Waals surface area (Å²) in [5.74, 6) is 1.60. The Morgan fingerprint density at radius 1 is 1.23 bits per heavy atom. The van der Waals surface area contributed by atoms with Gasteiger partial charge < -0.3 is 39.3 Å². The lowest BCUT2D eigenvalue weighted by Gasteiger charge is -2.28. The predicted molar refractivity (Wildman–Crippen MR) is 144 cm³/mol. The third-order valence-electron chi connectivity index (χ3n) is 6.37. The third-order valence-corrected chi connectivity index (χ3v) is 6.37. The van der Waals surface area contributed by atoms with Gasteiger partial charge in [0.25, 0.3) is 0 Å². The Morgan fingerprint density at radius 3 is 2.77 bits per heavy atom. The summed E-state index contributed by atoms with van der Waals surface area (Å²) in [4.78, 5) is 26.7. The number of hydrogen-bond acceptors (Lipinski definition) is 10. The zero-order valence-corrected chi connectivity index (χ0v) is 22.4. The summed E-state index contributed by atoms with van der Waals surface area (Å²) in [5, 5.41) is 19.7. The molecule has 0 radical (unpaired) electrons. The fourth-order valence-corrected chi connectivity index (χ4v) is 4.50. The van der Waals surface area contributed by atoms with Gasteiger partial charge in [0, 0.05) is 24.9 Å². The molecule has 39 heavy (non-hydrogen) atoms. The van der Waals surface area contributed by atoms with E-state index in [1.54, 1.807) is 25.1 Å². The van der Waals surface area contributed by atoms with E-state index in [-0.39, 0.29) is 12.2 Å². The van der Waals surface area contributed by atoms with E-state index in [0.29, 0.717) is 35.1 Å². The van der Waals surface area contributed by atoms with Crippen LogP contribution in [0.4, 0.5) is 10.7 Å². The van der Waals surface area contributed by atoms with E-state index in [1.165, 1.54) is 19.7 Å². The van der Waals surface area contributed by atoms with Crippen LogP contribution in [0.15, 0.2) is 51.1 Å². The molecule has 0 bridgehead atoms. The summed E-state index contributed by atoms with van der Waals surface area (Å²) < 4.78 is 22.2. The molecule has 2 aliphatic heterocycles. The van der Waals surface area contributed by atoms with Gasteiger partial charge in [-0.25, -0.2) is 9.59 Å². The van der Waals surface area contributed by atoms with Crippen molar-refractivity contribution in [2.75, 3.05) is 38.3 Å². The number of furan rings is 1. The number of hydrogen-bond donors (Lipinski definition) is 4. The van der Waals surface area contributed by atoms with Gasteiger partial charge in [0.2, 0.25) is 0 Å². The molecule has 4 N–H and O–H groups in total. The monoisotopic (exact) mass is 541 g/mol. The normalized spacial score (nSPS) is 18.4. The Hall–Kier alpha value is -4.19. The molecule has 210 valence electrons.